The van der Waals surface area contributed by atoms with E-state index in [0.717, 1.165) is 9.87 Å². The number of nitrogens with zero attached hydrogens (tertiary/aromatic N) is 1. The summed E-state index contributed by atoms with van der Waals surface area (Å²) in [5.41, 5.74) is 6.25. The molecule has 3 N–H and O–H groups in total. The molecule has 0 aliphatic heterocycles. The van der Waals surface area contributed by atoms with Crippen LogP contribution >= 0.6 is 0 Å². The van der Waals surface area contributed by atoms with E-state index in [9.17, 15) is 8.42 Å². The Hall–Kier alpha value is -1.66. The van der Waals surface area contributed by atoms with Crippen molar-refractivity contribution in [3.63, 3.8) is 0 Å². The third-order valence-electron chi connectivity index (χ3n) is 2.34. The molecular formula is C12H17N3O2S. The summed E-state index contributed by atoms with van der Waals surface area (Å²) >= 11 is 0. The van der Waals surface area contributed by atoms with Gasteiger partial charge in [-0.1, -0.05) is 23.8 Å². The molecule has 0 radical (unpaired) electrons. The highest BCUT2D eigenvalue weighted by molar-refractivity contribution is 7.89. The maximum atomic E-state index is 12.3. The second kappa shape index (κ2) is 5.79. The van der Waals surface area contributed by atoms with E-state index < -0.39 is 10.0 Å². The van der Waals surface area contributed by atoms with E-state index in [2.05, 4.69) is 6.58 Å². The molecule has 1 aromatic carbocycles. The summed E-state index contributed by atoms with van der Waals surface area (Å²) < 4.78 is 25.7. The first-order valence-electron chi connectivity index (χ1n) is 5.38. The fourth-order valence-electron chi connectivity index (χ4n) is 1.44. The molecule has 98 valence electrons. The van der Waals surface area contributed by atoms with Gasteiger partial charge < -0.3 is 5.73 Å². The van der Waals surface area contributed by atoms with Gasteiger partial charge in [-0.2, -0.15) is 4.31 Å². The van der Waals surface area contributed by atoms with Crippen molar-refractivity contribution in [1.82, 2.24) is 4.31 Å². The molecule has 18 heavy (non-hydrogen) atoms. The molecule has 6 heteroatoms. The van der Waals surface area contributed by atoms with Crippen LogP contribution < -0.4 is 5.73 Å². The smallest absolute Gasteiger partial charge is 0.243 e. The zero-order valence-electron chi connectivity index (χ0n) is 10.3. The van der Waals surface area contributed by atoms with Gasteiger partial charge in [0.05, 0.1) is 11.4 Å². The van der Waals surface area contributed by atoms with Gasteiger partial charge in [0.2, 0.25) is 10.0 Å². The first kappa shape index (κ1) is 14.4. The standard InChI is InChI=1S/C12H17N3O2S/c1-3-8-15(9-12(13)14)18(16,17)11-6-4-10(2)5-7-11/h3-7H,1,8-9H2,2H3,(H3,13,14). The SMILES string of the molecule is C=CCN(CC(=N)N)S(=O)(=O)c1ccc(C)cc1. The van der Waals surface area contributed by atoms with Gasteiger partial charge in [0.25, 0.3) is 0 Å². The van der Waals surface area contributed by atoms with Gasteiger partial charge in [-0.15, -0.1) is 6.58 Å². The zero-order chi connectivity index (χ0) is 13.8. The number of hydrogen-bond acceptors (Lipinski definition) is 3. The predicted octanol–water partition coefficient (Wildman–Crippen LogP) is 1.11. The Kier molecular flexibility index (Phi) is 4.63. The van der Waals surface area contributed by atoms with Crippen LogP contribution in [0.5, 0.6) is 0 Å². The van der Waals surface area contributed by atoms with Gasteiger partial charge >= 0.3 is 0 Å². The number of hydrogen-bond donors (Lipinski definition) is 2. The van der Waals surface area contributed by atoms with Gasteiger partial charge in [-0.05, 0) is 19.1 Å². The molecule has 0 spiro atoms. The highest BCUT2D eigenvalue weighted by Crippen LogP contribution is 2.16. The molecule has 0 unspecified atom stereocenters. The van der Waals surface area contributed by atoms with Crippen LogP contribution in [-0.2, 0) is 10.0 Å². The molecule has 0 heterocycles. The Morgan fingerprint density at radius 3 is 2.44 bits per heavy atom. The lowest BCUT2D eigenvalue weighted by Gasteiger charge is -2.20. The number of amidine groups is 1. The third-order valence-corrected chi connectivity index (χ3v) is 4.16. The zero-order valence-corrected chi connectivity index (χ0v) is 11.1. The Labute approximate surface area is 107 Å². The van der Waals surface area contributed by atoms with Crippen molar-refractivity contribution in [2.24, 2.45) is 5.73 Å². The lowest BCUT2D eigenvalue weighted by molar-refractivity contribution is 0.480. The van der Waals surface area contributed by atoms with Crippen LogP contribution in [-0.4, -0.2) is 31.6 Å². The summed E-state index contributed by atoms with van der Waals surface area (Å²) in [6.07, 6.45) is 1.47. The van der Waals surface area contributed by atoms with Crippen molar-refractivity contribution in [2.45, 2.75) is 11.8 Å². The van der Waals surface area contributed by atoms with Crippen molar-refractivity contribution in [2.75, 3.05) is 13.1 Å². The predicted molar refractivity (Wildman–Crippen MR) is 72.0 cm³/mol. The van der Waals surface area contributed by atoms with E-state index >= 15 is 0 Å². The number of nitrogens with one attached hydrogen (secondary N) is 1. The number of nitrogens with two attached hydrogens (primary N) is 1. The van der Waals surface area contributed by atoms with Crippen LogP contribution in [0.15, 0.2) is 41.8 Å². The fraction of sp³-hybridized carbons (Fsp3) is 0.250. The molecule has 0 saturated heterocycles. The maximum absolute atomic E-state index is 12.3. The number of benzene rings is 1. The molecule has 0 fully saturated rings. The van der Waals surface area contributed by atoms with E-state index in [-0.39, 0.29) is 23.8 Å². The van der Waals surface area contributed by atoms with Crippen LogP contribution in [0, 0.1) is 12.3 Å². The van der Waals surface area contributed by atoms with E-state index in [1.807, 2.05) is 6.92 Å². The topological polar surface area (TPSA) is 87.2 Å². The van der Waals surface area contributed by atoms with Gasteiger partial charge in [-0.25, -0.2) is 8.42 Å². The molecule has 1 aromatic rings. The highest BCUT2D eigenvalue weighted by atomic mass is 32.2. The van der Waals surface area contributed by atoms with Crippen LogP contribution in [0.1, 0.15) is 5.56 Å². The van der Waals surface area contributed by atoms with Gasteiger partial charge in [-0.3, -0.25) is 5.41 Å². The molecule has 0 amide bonds. The van der Waals surface area contributed by atoms with E-state index in [4.69, 9.17) is 11.1 Å². The van der Waals surface area contributed by atoms with E-state index in [1.54, 1.807) is 24.3 Å². The summed E-state index contributed by atoms with van der Waals surface area (Å²) in [5, 5.41) is 7.22. The number of aryl methyl sites for hydroxylation is 1. The van der Waals surface area contributed by atoms with Crippen LogP contribution in [0.3, 0.4) is 0 Å². The molecule has 0 saturated carbocycles. The van der Waals surface area contributed by atoms with Crippen molar-refractivity contribution in [1.29, 1.82) is 5.41 Å². The van der Waals surface area contributed by atoms with Gasteiger partial charge in [0, 0.05) is 6.54 Å². The Morgan fingerprint density at radius 2 is 2.00 bits per heavy atom. The van der Waals surface area contributed by atoms with Crippen LogP contribution in [0.4, 0.5) is 0 Å². The minimum absolute atomic E-state index is 0.121. The number of rotatable bonds is 6. The van der Waals surface area contributed by atoms with Crippen molar-refractivity contribution >= 4 is 15.9 Å². The van der Waals surface area contributed by atoms with Crippen molar-refractivity contribution in [3.05, 3.63) is 42.5 Å². The largest absolute Gasteiger partial charge is 0.387 e. The quantitative estimate of drug-likeness (QED) is 0.460. The molecule has 0 aliphatic rings. The highest BCUT2D eigenvalue weighted by Gasteiger charge is 2.23. The fourth-order valence-corrected chi connectivity index (χ4v) is 2.83. The number of sulfonamides is 1. The first-order chi connectivity index (χ1) is 8.37. The first-order valence-corrected chi connectivity index (χ1v) is 6.82. The summed E-state index contributed by atoms with van der Waals surface area (Å²) in [4.78, 5) is 0.191. The molecule has 1 rings (SSSR count). The average molecular weight is 267 g/mol. The van der Waals surface area contributed by atoms with Gasteiger partial charge in [0.1, 0.15) is 5.84 Å². The van der Waals surface area contributed by atoms with Gasteiger partial charge in [0.15, 0.2) is 0 Å². The Balaban J connectivity index is 3.11. The van der Waals surface area contributed by atoms with E-state index in [0.29, 0.717) is 0 Å². The lowest BCUT2D eigenvalue weighted by Crippen LogP contribution is -2.38. The monoisotopic (exact) mass is 267 g/mol. The second-order valence-corrected chi connectivity index (χ2v) is 5.86. The molecule has 0 aliphatic carbocycles. The Bertz CT molecular complexity index is 535. The molecule has 0 aromatic heterocycles. The summed E-state index contributed by atoms with van der Waals surface area (Å²) in [5.74, 6) is -0.201. The van der Waals surface area contributed by atoms with Crippen molar-refractivity contribution < 1.29 is 8.42 Å². The minimum Gasteiger partial charge on any atom is -0.387 e. The summed E-state index contributed by atoms with van der Waals surface area (Å²) in [6.45, 7) is 5.38. The molecular weight excluding hydrogens is 250 g/mol. The van der Waals surface area contributed by atoms with Crippen LogP contribution in [0.2, 0.25) is 0 Å². The molecule has 0 bridgehead atoms. The Morgan fingerprint density at radius 1 is 1.44 bits per heavy atom. The summed E-state index contributed by atoms with van der Waals surface area (Å²) in [7, 11) is -3.63. The maximum Gasteiger partial charge on any atom is 0.243 e. The molecule has 0 atom stereocenters. The third kappa shape index (κ3) is 3.41. The molecule has 5 nitrogen and oxygen atoms in total. The van der Waals surface area contributed by atoms with Crippen molar-refractivity contribution in [3.8, 4) is 0 Å². The lowest BCUT2D eigenvalue weighted by atomic mass is 10.2. The van der Waals surface area contributed by atoms with Crippen LogP contribution in [0.25, 0.3) is 0 Å². The minimum atomic E-state index is -3.63. The average Bonchev–Trinajstić information content (AvgIpc) is 2.28. The van der Waals surface area contributed by atoms with E-state index in [1.165, 1.54) is 6.08 Å². The normalized spacial score (nSPS) is 11.4. The summed E-state index contributed by atoms with van der Waals surface area (Å²) in [6, 6.07) is 6.54. The second-order valence-electron chi connectivity index (χ2n) is 3.92.